The third kappa shape index (κ3) is 18.6. The van der Waals surface area contributed by atoms with Gasteiger partial charge in [-0.2, -0.15) is 0 Å². The van der Waals surface area contributed by atoms with Crippen molar-refractivity contribution in [2.75, 3.05) is 66.1 Å². The lowest BCUT2D eigenvalue weighted by molar-refractivity contribution is -0.404. The molecule has 0 spiro atoms. The lowest BCUT2D eigenvalue weighted by Gasteiger charge is -2.50. The van der Waals surface area contributed by atoms with Crippen LogP contribution in [0.15, 0.2) is 5.16 Å². The average molecular weight is 1560 g/mol. The van der Waals surface area contributed by atoms with Crippen molar-refractivity contribution in [3.8, 4) is 0 Å². The SMILES string of the molecule is CCOP(=O)(OCC)ON=C(C1CC1)C1CC1.OCC1OC2OC3C(CO)OC(OC4C(CO)OC(OC5C(CO)OC(OC6C(CO)OC(OC7C(CO)OC(OC8C(CO)OC(OC9C(CO)OC(OC1C(O)C2O)C(O)C9O)C(O)C8O)C(O)C7O)C(O)C6O)C(O)C5O)C(O)C4O)C(O)C3O. The molecule has 16 bridgehead atoms. The Hall–Kier alpha value is -1.98. The number of aliphatic hydroxyl groups is 24. The van der Waals surface area contributed by atoms with Gasteiger partial charge in [0.05, 0.1) is 71.8 Å². The van der Waals surface area contributed by atoms with Crippen LogP contribution in [0.5, 0.6) is 0 Å². The quantitative estimate of drug-likeness (QED) is 0.0388. The Bertz CT molecular complexity index is 2270. The Morgan fingerprint density at radius 1 is 0.276 bits per heavy atom. The lowest BCUT2D eigenvalue weighted by atomic mass is 9.94. The molecule has 2 aliphatic carbocycles. The van der Waals surface area contributed by atoms with Crippen LogP contribution in [-0.2, 0) is 94.0 Å². The van der Waals surface area contributed by atoms with Crippen molar-refractivity contribution in [1.82, 2.24) is 0 Å². The van der Waals surface area contributed by atoms with Gasteiger partial charge in [0.25, 0.3) is 0 Å². The Morgan fingerprint density at radius 3 is 0.552 bits per heavy atom. The van der Waals surface area contributed by atoms with E-state index < -0.39 is 306 Å². The molecule has 32 fully saturated rings. The maximum Gasteiger partial charge on any atom is 0.550 e. The predicted molar refractivity (Wildman–Crippen MR) is 326 cm³/mol. The summed E-state index contributed by atoms with van der Waals surface area (Å²) in [6.45, 7) is -4.56. The highest BCUT2D eigenvalue weighted by Crippen LogP contribution is 2.51. The van der Waals surface area contributed by atoms with Crippen LogP contribution in [0.25, 0.3) is 0 Å². The number of hydrogen-bond donors (Lipinski definition) is 24. The predicted octanol–water partition coefficient (Wildman–Crippen LogP) is -14.0. The van der Waals surface area contributed by atoms with E-state index in [0.29, 0.717) is 11.8 Å². The van der Waals surface area contributed by atoms with Gasteiger partial charge >= 0.3 is 7.82 Å². The van der Waals surface area contributed by atoms with Gasteiger partial charge in [0, 0.05) is 11.8 Å². The molecule has 105 heavy (non-hydrogen) atoms. The van der Waals surface area contributed by atoms with Gasteiger partial charge < -0.3 is 198 Å². The molecule has 2 saturated carbocycles. The molecule has 46 heteroatoms. The van der Waals surface area contributed by atoms with E-state index in [2.05, 4.69) is 5.16 Å². The first-order valence-corrected chi connectivity index (χ1v) is 35.9. The molecule has 45 nitrogen and oxygen atoms in total. The minimum absolute atomic E-state index is 0.287. The lowest BCUT2D eigenvalue weighted by Crippen LogP contribution is -2.69. The van der Waals surface area contributed by atoms with Gasteiger partial charge in [-0.25, -0.2) is 4.57 Å². The van der Waals surface area contributed by atoms with Gasteiger partial charge in [-0.1, -0.05) is 5.16 Å². The molecule has 32 rings (SSSR count). The first-order chi connectivity index (χ1) is 50.1. The van der Waals surface area contributed by atoms with E-state index in [1.54, 1.807) is 13.8 Å². The van der Waals surface area contributed by atoms with E-state index in [9.17, 15) is 127 Å². The summed E-state index contributed by atoms with van der Waals surface area (Å²) in [7, 11) is -3.48. The maximum absolute atomic E-state index is 12.0. The van der Waals surface area contributed by atoms with E-state index in [4.69, 9.17) is 89.5 Å². The molecule has 0 aromatic rings. The molecule has 30 saturated heterocycles. The van der Waals surface area contributed by atoms with Crippen molar-refractivity contribution in [3.05, 3.63) is 0 Å². The Balaban J connectivity index is 0.000000606. The van der Waals surface area contributed by atoms with Crippen molar-refractivity contribution in [2.24, 2.45) is 17.0 Å². The Labute approximate surface area is 596 Å². The second kappa shape index (κ2) is 37.3. The van der Waals surface area contributed by atoms with Crippen LogP contribution < -0.4 is 0 Å². The van der Waals surface area contributed by atoms with Gasteiger partial charge in [0.15, 0.2) is 50.3 Å². The number of aliphatic hydroxyl groups excluding tert-OH is 24. The zero-order valence-electron chi connectivity index (χ0n) is 56.4. The molecular formula is C59H100NO44P. The monoisotopic (exact) mass is 1560 g/mol. The summed E-state index contributed by atoms with van der Waals surface area (Å²) in [5, 5.41) is 269. The number of oxime groups is 1. The molecule has 40 unspecified atom stereocenters. The number of ether oxygens (including phenoxy) is 16. The summed E-state index contributed by atoms with van der Waals surface area (Å²) >= 11 is 0. The molecule has 0 aromatic carbocycles. The molecule has 0 aromatic heterocycles. The molecule has 32 aliphatic rings. The first kappa shape index (κ1) is 85.4. The Morgan fingerprint density at radius 2 is 0.429 bits per heavy atom. The molecule has 40 atom stereocenters. The van der Waals surface area contributed by atoms with Gasteiger partial charge in [-0.3, -0.25) is 13.7 Å². The number of phosphoric acid groups is 1. The minimum Gasteiger partial charge on any atom is -0.394 e. The first-order valence-electron chi connectivity index (χ1n) is 34.5. The fraction of sp³-hybridized carbons (Fsp3) is 0.983. The third-order valence-electron chi connectivity index (χ3n) is 19.7. The summed E-state index contributed by atoms with van der Waals surface area (Å²) in [6.07, 6.45) is -77.3. The van der Waals surface area contributed by atoms with Crippen LogP contribution in [-0.4, -0.2) is 440 Å². The van der Waals surface area contributed by atoms with E-state index in [0.717, 1.165) is 5.71 Å². The normalized spacial score (nSPS) is 49.7. The van der Waals surface area contributed by atoms with E-state index in [1.165, 1.54) is 25.7 Å². The van der Waals surface area contributed by atoms with Crippen molar-refractivity contribution in [1.29, 1.82) is 0 Å². The van der Waals surface area contributed by atoms with Crippen molar-refractivity contribution >= 4 is 13.5 Å². The third-order valence-corrected chi connectivity index (χ3v) is 21.1. The average Bonchev–Trinajstić information content (AvgIpc) is 1.77. The largest absolute Gasteiger partial charge is 0.550 e. The zero-order chi connectivity index (χ0) is 76.4. The van der Waals surface area contributed by atoms with E-state index >= 15 is 0 Å². The molecule has 610 valence electrons. The van der Waals surface area contributed by atoms with Crippen LogP contribution in [0.3, 0.4) is 0 Å². The molecule has 24 N–H and O–H groups in total. The van der Waals surface area contributed by atoms with Gasteiger partial charge in [0.2, 0.25) is 0 Å². The van der Waals surface area contributed by atoms with E-state index in [1.807, 2.05) is 0 Å². The molecule has 30 aliphatic heterocycles. The Kier molecular flexibility index (Phi) is 30.4. The highest BCUT2D eigenvalue weighted by atomic mass is 31.2. The molecule has 0 amide bonds. The number of phosphoric ester groups is 1. The second-order valence-electron chi connectivity index (χ2n) is 26.9. The van der Waals surface area contributed by atoms with Crippen LogP contribution in [0.2, 0.25) is 0 Å². The maximum atomic E-state index is 12.0. The number of rotatable bonds is 16. The van der Waals surface area contributed by atoms with Crippen LogP contribution in [0.4, 0.5) is 0 Å². The summed E-state index contributed by atoms with van der Waals surface area (Å²) in [4.78, 5) is 0. The minimum atomic E-state index is -3.48. The molecular weight excluding hydrogens is 1460 g/mol. The highest BCUT2D eigenvalue weighted by Gasteiger charge is 2.61. The fourth-order valence-electron chi connectivity index (χ4n) is 13.6. The summed E-state index contributed by atoms with van der Waals surface area (Å²) in [5.74, 6) is 1.08. The smallest absolute Gasteiger partial charge is 0.394 e. The van der Waals surface area contributed by atoms with Crippen molar-refractivity contribution < 1.29 is 217 Å². The van der Waals surface area contributed by atoms with Crippen molar-refractivity contribution in [3.63, 3.8) is 0 Å². The van der Waals surface area contributed by atoms with Gasteiger partial charge in [-0.15, -0.1) is 0 Å². The number of nitrogens with zero attached hydrogens (tertiary/aromatic N) is 1. The summed E-state index contributed by atoms with van der Waals surface area (Å²) in [6, 6.07) is 0. The highest BCUT2D eigenvalue weighted by molar-refractivity contribution is 7.48. The summed E-state index contributed by atoms with van der Waals surface area (Å²) < 4.78 is 118. The molecule has 0 radical (unpaired) electrons. The van der Waals surface area contributed by atoms with Crippen LogP contribution >= 0.6 is 7.82 Å². The van der Waals surface area contributed by atoms with Gasteiger partial charge in [-0.05, 0) is 39.5 Å². The van der Waals surface area contributed by atoms with Crippen LogP contribution in [0.1, 0.15) is 39.5 Å². The summed E-state index contributed by atoms with van der Waals surface area (Å²) in [5.41, 5.74) is 1.06. The van der Waals surface area contributed by atoms with Crippen molar-refractivity contribution in [2.45, 2.75) is 285 Å². The van der Waals surface area contributed by atoms with E-state index in [-0.39, 0.29) is 13.2 Å². The van der Waals surface area contributed by atoms with Crippen LogP contribution in [0, 0.1) is 11.8 Å². The van der Waals surface area contributed by atoms with Gasteiger partial charge in [0.1, 0.15) is 195 Å². The fourth-order valence-corrected chi connectivity index (χ4v) is 14.6. The zero-order valence-corrected chi connectivity index (χ0v) is 57.3. The standard InChI is InChI=1S/C48H80O40.C11H20NO4P/c49-1-9-33-17(57)25(65)41(73-9)82-34-10(2-50)75-43(27(67)19(34)59)84-36-12(4-52)77-45(29(69)21(36)61)86-38-14(6-54)79-47(31(71)23(38)63)88-40-16(8-56)80-48(32(72)24(40)64)87-39-15(7-55)78-46(30(70)22(39)62)85-37-13(5-53)76-44(28(68)20(37)60)83-35-11(3-51)74-42(81-33)26(66)18(35)58;1-3-14-17(13,15-4-2)16-12-11(9-5-6-9)10-7-8-10/h9-72H,1-8H2;9-10H,3-8H2,1-2H3. The topological polar surface area (TPSA) is 690 Å². The second-order valence-corrected chi connectivity index (χ2v) is 28.5. The molecule has 30 heterocycles. The number of hydrogen-bond acceptors (Lipinski definition) is 45.